The van der Waals surface area contributed by atoms with Crippen molar-refractivity contribution in [2.45, 2.75) is 19.4 Å². The van der Waals surface area contributed by atoms with Crippen LogP contribution >= 0.6 is 0 Å². The number of aromatic nitrogens is 2. The summed E-state index contributed by atoms with van der Waals surface area (Å²) in [6.45, 7) is 3.46. The van der Waals surface area contributed by atoms with Crippen molar-refractivity contribution in [3.05, 3.63) is 18.0 Å². The molecule has 1 aromatic heterocycles. The summed E-state index contributed by atoms with van der Waals surface area (Å²) in [5.41, 5.74) is 1.14. The monoisotopic (exact) mass is 209 g/mol. The van der Waals surface area contributed by atoms with Gasteiger partial charge in [-0.15, -0.1) is 0 Å². The summed E-state index contributed by atoms with van der Waals surface area (Å²) in [4.78, 5) is 2.41. The van der Waals surface area contributed by atoms with Crippen molar-refractivity contribution >= 4 is 0 Å². The number of nitrogens with zero attached hydrogens (tertiary/aromatic N) is 3. The highest BCUT2D eigenvalue weighted by molar-refractivity contribution is 4.98. The Bertz CT molecular complexity index is 303. The second kappa shape index (κ2) is 4.77. The van der Waals surface area contributed by atoms with E-state index in [0.717, 1.165) is 38.2 Å². The quantitative estimate of drug-likeness (QED) is 0.793. The van der Waals surface area contributed by atoms with E-state index in [1.165, 1.54) is 0 Å². The number of aliphatic hydroxyl groups is 1. The van der Waals surface area contributed by atoms with Crippen molar-refractivity contribution in [3.8, 4) is 0 Å². The van der Waals surface area contributed by atoms with Crippen molar-refractivity contribution in [2.75, 3.05) is 19.7 Å². The summed E-state index contributed by atoms with van der Waals surface area (Å²) in [5, 5.41) is 13.4. The molecule has 1 aliphatic rings. The van der Waals surface area contributed by atoms with Crippen LogP contribution in [0.2, 0.25) is 0 Å². The molecule has 0 aromatic carbocycles. The Morgan fingerprint density at radius 1 is 1.47 bits per heavy atom. The first-order chi connectivity index (χ1) is 7.28. The van der Waals surface area contributed by atoms with Crippen LogP contribution in [-0.4, -0.2) is 39.5 Å². The average Bonchev–Trinajstić information content (AvgIpc) is 2.65. The molecule has 1 saturated heterocycles. The lowest BCUT2D eigenvalue weighted by Gasteiger charge is -2.30. The molecule has 0 atom stereocenters. The Morgan fingerprint density at radius 2 is 2.20 bits per heavy atom. The van der Waals surface area contributed by atoms with Gasteiger partial charge >= 0.3 is 0 Å². The standard InChI is InChI=1S/C11H19N3O/c1-13-5-4-11(12-13)8-14-6-2-10(9-15)3-7-14/h4-5,10,15H,2-3,6-9H2,1H3. The smallest absolute Gasteiger partial charge is 0.0764 e. The van der Waals surface area contributed by atoms with E-state index in [1.807, 2.05) is 17.9 Å². The highest BCUT2D eigenvalue weighted by Crippen LogP contribution is 2.17. The van der Waals surface area contributed by atoms with E-state index in [4.69, 9.17) is 5.11 Å². The molecule has 0 unspecified atom stereocenters. The SMILES string of the molecule is Cn1ccc(CN2CCC(CO)CC2)n1. The van der Waals surface area contributed by atoms with Crippen molar-refractivity contribution in [1.82, 2.24) is 14.7 Å². The predicted molar refractivity (Wildman–Crippen MR) is 58.3 cm³/mol. The van der Waals surface area contributed by atoms with E-state index in [-0.39, 0.29) is 0 Å². The van der Waals surface area contributed by atoms with E-state index in [1.54, 1.807) is 0 Å². The second-order valence-electron chi connectivity index (χ2n) is 4.38. The molecule has 4 nitrogen and oxygen atoms in total. The number of hydrogen-bond acceptors (Lipinski definition) is 3. The molecule has 2 rings (SSSR count). The second-order valence-corrected chi connectivity index (χ2v) is 4.38. The zero-order valence-electron chi connectivity index (χ0n) is 9.26. The number of likely N-dealkylation sites (tertiary alicyclic amines) is 1. The molecule has 0 aliphatic carbocycles. The first kappa shape index (κ1) is 10.6. The van der Waals surface area contributed by atoms with Crippen LogP contribution in [0.3, 0.4) is 0 Å². The number of rotatable bonds is 3. The van der Waals surface area contributed by atoms with Gasteiger partial charge in [0.05, 0.1) is 5.69 Å². The predicted octanol–water partition coefficient (Wildman–Crippen LogP) is 0.624. The van der Waals surface area contributed by atoms with Crippen LogP contribution in [0.5, 0.6) is 0 Å². The number of aryl methyl sites for hydroxylation is 1. The molecule has 0 spiro atoms. The van der Waals surface area contributed by atoms with Crippen LogP contribution in [0.25, 0.3) is 0 Å². The Labute approximate surface area is 90.5 Å². The lowest BCUT2D eigenvalue weighted by Crippen LogP contribution is -2.34. The van der Waals surface area contributed by atoms with E-state index in [9.17, 15) is 0 Å². The van der Waals surface area contributed by atoms with E-state index in [2.05, 4.69) is 16.1 Å². The fourth-order valence-corrected chi connectivity index (χ4v) is 2.10. The van der Waals surface area contributed by atoms with Crippen LogP contribution in [0, 0.1) is 5.92 Å². The summed E-state index contributed by atoms with van der Waals surface area (Å²) >= 11 is 0. The third-order valence-electron chi connectivity index (χ3n) is 3.12. The van der Waals surface area contributed by atoms with Gasteiger partial charge in [0.2, 0.25) is 0 Å². The number of aliphatic hydroxyl groups excluding tert-OH is 1. The molecule has 15 heavy (non-hydrogen) atoms. The van der Waals surface area contributed by atoms with Gasteiger partial charge in [0, 0.05) is 26.4 Å². The molecule has 0 saturated carbocycles. The third-order valence-corrected chi connectivity index (χ3v) is 3.12. The van der Waals surface area contributed by atoms with E-state index >= 15 is 0 Å². The molecule has 1 aromatic rings. The normalized spacial score (nSPS) is 19.6. The summed E-state index contributed by atoms with van der Waals surface area (Å²) in [5.74, 6) is 0.519. The molecule has 0 amide bonds. The fraction of sp³-hybridized carbons (Fsp3) is 0.727. The van der Waals surface area contributed by atoms with Gasteiger partial charge in [0.1, 0.15) is 0 Å². The number of piperidine rings is 1. The van der Waals surface area contributed by atoms with Gasteiger partial charge in [0.25, 0.3) is 0 Å². The zero-order chi connectivity index (χ0) is 10.7. The molecular weight excluding hydrogens is 190 g/mol. The minimum Gasteiger partial charge on any atom is -0.396 e. The van der Waals surface area contributed by atoms with Gasteiger partial charge in [-0.3, -0.25) is 9.58 Å². The lowest BCUT2D eigenvalue weighted by molar-refractivity contribution is 0.126. The van der Waals surface area contributed by atoms with Crippen LogP contribution in [-0.2, 0) is 13.6 Å². The highest BCUT2D eigenvalue weighted by Gasteiger charge is 2.18. The Kier molecular flexibility index (Phi) is 3.38. The molecule has 84 valence electrons. The van der Waals surface area contributed by atoms with E-state index < -0.39 is 0 Å². The maximum atomic E-state index is 9.04. The van der Waals surface area contributed by atoms with Crippen LogP contribution in [0.1, 0.15) is 18.5 Å². The average molecular weight is 209 g/mol. The lowest BCUT2D eigenvalue weighted by atomic mass is 9.98. The van der Waals surface area contributed by atoms with Crippen molar-refractivity contribution < 1.29 is 5.11 Å². The summed E-state index contributed by atoms with van der Waals surface area (Å²) in [6, 6.07) is 2.07. The summed E-state index contributed by atoms with van der Waals surface area (Å²) in [6.07, 6.45) is 4.21. The van der Waals surface area contributed by atoms with Gasteiger partial charge < -0.3 is 5.11 Å². The zero-order valence-corrected chi connectivity index (χ0v) is 9.26. The largest absolute Gasteiger partial charge is 0.396 e. The molecule has 2 heterocycles. The Balaban J connectivity index is 1.82. The Hall–Kier alpha value is -0.870. The minimum atomic E-state index is 0.345. The molecule has 1 fully saturated rings. The summed E-state index contributed by atoms with van der Waals surface area (Å²) in [7, 11) is 1.95. The first-order valence-corrected chi connectivity index (χ1v) is 5.59. The van der Waals surface area contributed by atoms with Crippen molar-refractivity contribution in [3.63, 3.8) is 0 Å². The topological polar surface area (TPSA) is 41.3 Å². The first-order valence-electron chi connectivity index (χ1n) is 5.59. The Morgan fingerprint density at radius 3 is 2.73 bits per heavy atom. The van der Waals surface area contributed by atoms with Crippen LogP contribution < -0.4 is 0 Å². The van der Waals surface area contributed by atoms with Crippen molar-refractivity contribution in [2.24, 2.45) is 13.0 Å². The van der Waals surface area contributed by atoms with Gasteiger partial charge in [-0.25, -0.2) is 0 Å². The van der Waals surface area contributed by atoms with Gasteiger partial charge in [-0.1, -0.05) is 0 Å². The van der Waals surface area contributed by atoms with Gasteiger partial charge in [-0.05, 0) is 37.9 Å². The highest BCUT2D eigenvalue weighted by atomic mass is 16.3. The van der Waals surface area contributed by atoms with Gasteiger partial charge in [-0.2, -0.15) is 5.10 Å². The third kappa shape index (κ3) is 2.79. The van der Waals surface area contributed by atoms with E-state index in [0.29, 0.717) is 12.5 Å². The fourth-order valence-electron chi connectivity index (χ4n) is 2.10. The maximum Gasteiger partial charge on any atom is 0.0764 e. The molecular formula is C11H19N3O. The van der Waals surface area contributed by atoms with Crippen LogP contribution in [0.4, 0.5) is 0 Å². The molecule has 1 N–H and O–H groups in total. The molecule has 1 aliphatic heterocycles. The van der Waals surface area contributed by atoms with Crippen LogP contribution in [0.15, 0.2) is 12.3 Å². The molecule has 0 radical (unpaired) electrons. The summed E-state index contributed by atoms with van der Waals surface area (Å²) < 4.78 is 1.84. The van der Waals surface area contributed by atoms with Gasteiger partial charge in [0.15, 0.2) is 0 Å². The maximum absolute atomic E-state index is 9.04. The molecule has 0 bridgehead atoms. The molecule has 4 heteroatoms. The minimum absolute atomic E-state index is 0.345. The van der Waals surface area contributed by atoms with Crippen molar-refractivity contribution in [1.29, 1.82) is 0 Å². The number of hydrogen-bond donors (Lipinski definition) is 1.